The molecule has 0 aliphatic carbocycles. The Morgan fingerprint density at radius 3 is 2.78 bits per heavy atom. The number of nitrogens with one attached hydrogen (secondary N) is 1. The fourth-order valence-electron chi connectivity index (χ4n) is 1.49. The van der Waals surface area contributed by atoms with Crippen molar-refractivity contribution in [1.82, 2.24) is 5.32 Å². The van der Waals surface area contributed by atoms with Gasteiger partial charge in [0.2, 0.25) is 0 Å². The number of benzene rings is 1. The van der Waals surface area contributed by atoms with Crippen LogP contribution in [0.5, 0.6) is 5.75 Å². The molecule has 0 saturated carbocycles. The van der Waals surface area contributed by atoms with Gasteiger partial charge in [0, 0.05) is 12.6 Å². The lowest BCUT2D eigenvalue weighted by Gasteiger charge is -2.11. The molecule has 0 fully saturated rings. The van der Waals surface area contributed by atoms with E-state index >= 15 is 0 Å². The lowest BCUT2D eigenvalue weighted by molar-refractivity contribution is -0.386. The number of rotatable bonds is 7. The summed E-state index contributed by atoms with van der Waals surface area (Å²) in [6.07, 6.45) is 0.992. The summed E-state index contributed by atoms with van der Waals surface area (Å²) in [4.78, 5) is 10.6. The third-order valence-electron chi connectivity index (χ3n) is 2.82. The van der Waals surface area contributed by atoms with E-state index in [1.165, 1.54) is 0 Å². The third-order valence-corrected chi connectivity index (χ3v) is 2.82. The van der Waals surface area contributed by atoms with E-state index in [2.05, 4.69) is 19.2 Å². The lowest BCUT2D eigenvalue weighted by Crippen LogP contribution is -2.09. The predicted molar refractivity (Wildman–Crippen MR) is 70.8 cm³/mol. The molecule has 5 nitrogen and oxygen atoms in total. The van der Waals surface area contributed by atoms with E-state index in [9.17, 15) is 10.1 Å². The number of hydrogen-bond acceptors (Lipinski definition) is 4. The topological polar surface area (TPSA) is 64.4 Å². The molecule has 1 aromatic rings. The first-order valence-electron chi connectivity index (χ1n) is 6.13. The Morgan fingerprint density at radius 1 is 1.50 bits per heavy atom. The zero-order valence-electron chi connectivity index (χ0n) is 11.1. The molecule has 100 valence electrons. The largest absolute Gasteiger partial charge is 0.487 e. The lowest BCUT2D eigenvalue weighted by atomic mass is 10.1. The summed E-state index contributed by atoms with van der Waals surface area (Å²) in [5.74, 6) is 0.738. The van der Waals surface area contributed by atoms with Crippen molar-refractivity contribution < 1.29 is 9.66 Å². The molecular weight excluding hydrogens is 232 g/mol. The molecule has 0 spiro atoms. The van der Waals surface area contributed by atoms with Crippen molar-refractivity contribution in [3.63, 3.8) is 0 Å². The fourth-order valence-corrected chi connectivity index (χ4v) is 1.49. The smallest absolute Gasteiger partial charge is 0.311 e. The van der Waals surface area contributed by atoms with E-state index in [-0.39, 0.29) is 5.69 Å². The zero-order valence-corrected chi connectivity index (χ0v) is 11.1. The van der Waals surface area contributed by atoms with Crippen LogP contribution in [0.25, 0.3) is 0 Å². The van der Waals surface area contributed by atoms with Crippen molar-refractivity contribution in [2.75, 3.05) is 13.7 Å². The Hall–Kier alpha value is -1.62. The zero-order chi connectivity index (χ0) is 13.5. The average molecular weight is 252 g/mol. The summed E-state index contributed by atoms with van der Waals surface area (Å²) < 4.78 is 5.52. The van der Waals surface area contributed by atoms with Gasteiger partial charge in [0.25, 0.3) is 0 Å². The predicted octanol–water partition coefficient (Wildman–Crippen LogP) is 2.74. The molecule has 0 saturated heterocycles. The van der Waals surface area contributed by atoms with Gasteiger partial charge in [-0.1, -0.05) is 26.3 Å². The molecule has 0 aliphatic rings. The van der Waals surface area contributed by atoms with Crippen molar-refractivity contribution >= 4 is 5.69 Å². The van der Waals surface area contributed by atoms with Crippen molar-refractivity contribution in [2.45, 2.75) is 26.8 Å². The van der Waals surface area contributed by atoms with E-state index in [1.54, 1.807) is 19.2 Å². The Labute approximate surface area is 107 Å². The maximum absolute atomic E-state index is 11.0. The molecule has 0 amide bonds. The Morgan fingerprint density at radius 2 is 2.22 bits per heavy atom. The van der Waals surface area contributed by atoms with Crippen molar-refractivity contribution in [2.24, 2.45) is 5.92 Å². The van der Waals surface area contributed by atoms with Crippen LogP contribution in [0.3, 0.4) is 0 Å². The molecule has 1 aromatic carbocycles. The Kier molecular flexibility index (Phi) is 5.58. The number of ether oxygens (including phenoxy) is 1. The van der Waals surface area contributed by atoms with Gasteiger partial charge in [-0.3, -0.25) is 10.1 Å². The molecule has 5 heteroatoms. The minimum Gasteiger partial charge on any atom is -0.487 e. The number of hydrogen-bond donors (Lipinski definition) is 1. The first-order valence-corrected chi connectivity index (χ1v) is 6.13. The summed E-state index contributed by atoms with van der Waals surface area (Å²) in [6.45, 7) is 5.23. The van der Waals surface area contributed by atoms with E-state index in [0.717, 1.165) is 12.0 Å². The van der Waals surface area contributed by atoms with Crippen LogP contribution in [0, 0.1) is 16.0 Å². The van der Waals surface area contributed by atoms with Crippen LogP contribution in [-0.2, 0) is 6.54 Å². The average Bonchev–Trinajstić information content (AvgIpc) is 2.36. The molecule has 1 atom stereocenters. The molecular formula is C13H20N2O3. The van der Waals surface area contributed by atoms with Crippen LogP contribution >= 0.6 is 0 Å². The molecule has 1 N–H and O–H groups in total. The maximum atomic E-state index is 11.0. The van der Waals surface area contributed by atoms with Gasteiger partial charge in [-0.25, -0.2) is 0 Å². The van der Waals surface area contributed by atoms with Crippen molar-refractivity contribution in [3.05, 3.63) is 33.9 Å². The highest BCUT2D eigenvalue weighted by molar-refractivity contribution is 5.48. The number of nitro benzene ring substituents is 1. The number of nitro groups is 1. The molecule has 0 bridgehead atoms. The van der Waals surface area contributed by atoms with Crippen LogP contribution in [0.4, 0.5) is 5.69 Å². The fraction of sp³-hybridized carbons (Fsp3) is 0.538. The van der Waals surface area contributed by atoms with Gasteiger partial charge in [0.15, 0.2) is 5.75 Å². The highest BCUT2D eigenvalue weighted by Crippen LogP contribution is 2.28. The third kappa shape index (κ3) is 4.00. The first-order chi connectivity index (χ1) is 8.58. The highest BCUT2D eigenvalue weighted by atomic mass is 16.6. The van der Waals surface area contributed by atoms with Crippen LogP contribution in [-0.4, -0.2) is 18.6 Å². The van der Waals surface area contributed by atoms with E-state index in [1.807, 2.05) is 6.07 Å². The molecule has 1 rings (SSSR count). The van der Waals surface area contributed by atoms with Crippen molar-refractivity contribution in [3.8, 4) is 5.75 Å². The van der Waals surface area contributed by atoms with Gasteiger partial charge in [-0.05, 0) is 24.6 Å². The quantitative estimate of drug-likeness (QED) is 0.598. The van der Waals surface area contributed by atoms with E-state index in [4.69, 9.17) is 4.74 Å². The molecule has 1 unspecified atom stereocenters. The normalized spacial score (nSPS) is 12.2. The van der Waals surface area contributed by atoms with Crippen LogP contribution in [0.1, 0.15) is 25.8 Å². The van der Waals surface area contributed by atoms with E-state index in [0.29, 0.717) is 24.8 Å². The van der Waals surface area contributed by atoms with Gasteiger partial charge in [-0.2, -0.15) is 0 Å². The van der Waals surface area contributed by atoms with Crippen molar-refractivity contribution in [1.29, 1.82) is 0 Å². The van der Waals surface area contributed by atoms with Gasteiger partial charge in [0.05, 0.1) is 11.5 Å². The molecule has 0 aliphatic heterocycles. The SMILES string of the molecule is CCC(C)COc1ccc(CNC)cc1[N+](=O)[O-]. The summed E-state index contributed by atoms with van der Waals surface area (Å²) in [5.41, 5.74) is 0.908. The maximum Gasteiger partial charge on any atom is 0.311 e. The highest BCUT2D eigenvalue weighted by Gasteiger charge is 2.16. The Bertz CT molecular complexity index is 407. The van der Waals surface area contributed by atoms with Gasteiger partial charge < -0.3 is 10.1 Å². The standard InChI is InChI=1S/C13H20N2O3/c1-4-10(2)9-18-13-6-5-11(8-14-3)7-12(13)15(16)17/h5-7,10,14H,4,8-9H2,1-3H3. The van der Waals surface area contributed by atoms with Gasteiger partial charge >= 0.3 is 5.69 Å². The van der Waals surface area contributed by atoms with Crippen LogP contribution in [0.2, 0.25) is 0 Å². The minimum atomic E-state index is -0.398. The first kappa shape index (κ1) is 14.4. The molecule has 0 heterocycles. The second-order valence-electron chi connectivity index (χ2n) is 4.41. The Balaban J connectivity index is 2.86. The van der Waals surface area contributed by atoms with Gasteiger partial charge in [-0.15, -0.1) is 0 Å². The summed E-state index contributed by atoms with van der Waals surface area (Å²) in [5, 5.41) is 14.0. The van der Waals surface area contributed by atoms with Gasteiger partial charge in [0.1, 0.15) is 0 Å². The summed E-state index contributed by atoms with van der Waals surface area (Å²) in [7, 11) is 1.80. The monoisotopic (exact) mass is 252 g/mol. The summed E-state index contributed by atoms with van der Waals surface area (Å²) in [6, 6.07) is 5.07. The van der Waals surface area contributed by atoms with Crippen LogP contribution in [0.15, 0.2) is 18.2 Å². The second kappa shape index (κ2) is 6.96. The molecule has 18 heavy (non-hydrogen) atoms. The summed E-state index contributed by atoms with van der Waals surface area (Å²) >= 11 is 0. The number of nitrogens with zero attached hydrogens (tertiary/aromatic N) is 1. The van der Waals surface area contributed by atoms with Crippen LogP contribution < -0.4 is 10.1 Å². The van der Waals surface area contributed by atoms with E-state index < -0.39 is 4.92 Å². The second-order valence-corrected chi connectivity index (χ2v) is 4.41. The molecule has 0 aromatic heterocycles. The minimum absolute atomic E-state index is 0.0334. The molecule has 0 radical (unpaired) electrons.